The Kier molecular flexibility index (Phi) is 3.86. The van der Waals surface area contributed by atoms with Crippen molar-refractivity contribution in [3.63, 3.8) is 0 Å². The molecule has 0 aliphatic rings. The molecule has 0 spiro atoms. The monoisotopic (exact) mass is 208 g/mol. The summed E-state index contributed by atoms with van der Waals surface area (Å²) in [7, 11) is 0. The minimum absolute atomic E-state index is 0.434. The first kappa shape index (κ1) is 11.7. The minimum Gasteiger partial charge on any atom is -0.298 e. The summed E-state index contributed by atoms with van der Waals surface area (Å²) in [5, 5.41) is 0. The molecule has 0 aliphatic carbocycles. The molecule has 3 nitrogen and oxygen atoms in total. The van der Waals surface area contributed by atoms with Gasteiger partial charge >= 0.3 is 5.97 Å². The number of carbonyl (C=O) groups is 1. The Morgan fingerprint density at radius 3 is 2.40 bits per heavy atom. The normalized spacial score (nSPS) is 11.1. The Hall–Kier alpha value is -1.35. The van der Waals surface area contributed by atoms with E-state index in [-0.39, 0.29) is 0 Å². The quantitative estimate of drug-likeness (QED) is 0.563. The molecule has 3 heteroatoms. The zero-order valence-electron chi connectivity index (χ0n) is 9.32. The van der Waals surface area contributed by atoms with Crippen LogP contribution in [0.15, 0.2) is 30.3 Å². The lowest BCUT2D eigenvalue weighted by Gasteiger charge is -2.22. The molecule has 82 valence electrons. The molecule has 0 saturated heterocycles. The van der Waals surface area contributed by atoms with Crippen LogP contribution in [-0.4, -0.2) is 11.6 Å². The van der Waals surface area contributed by atoms with Crippen LogP contribution in [0.2, 0.25) is 0 Å². The van der Waals surface area contributed by atoms with Crippen LogP contribution in [0.3, 0.4) is 0 Å². The highest BCUT2D eigenvalue weighted by atomic mass is 17.2. The van der Waals surface area contributed by atoms with Gasteiger partial charge in [0.2, 0.25) is 0 Å². The topological polar surface area (TPSA) is 35.5 Å². The molecule has 0 amide bonds. The second-order valence-corrected chi connectivity index (χ2v) is 4.08. The fourth-order valence-electron chi connectivity index (χ4n) is 1.29. The zero-order chi connectivity index (χ0) is 11.3. The van der Waals surface area contributed by atoms with E-state index in [9.17, 15) is 4.79 Å². The van der Waals surface area contributed by atoms with Crippen LogP contribution in [0.4, 0.5) is 0 Å². The molecule has 0 aromatic heterocycles. The van der Waals surface area contributed by atoms with Crippen molar-refractivity contribution < 1.29 is 14.6 Å². The van der Waals surface area contributed by atoms with Crippen molar-refractivity contribution in [3.8, 4) is 0 Å². The maximum absolute atomic E-state index is 10.6. The fourth-order valence-corrected chi connectivity index (χ4v) is 1.29. The average Bonchev–Trinajstić information content (AvgIpc) is 2.16. The number of hydrogen-bond acceptors (Lipinski definition) is 3. The predicted octanol–water partition coefficient (Wildman–Crippen LogP) is 2.50. The van der Waals surface area contributed by atoms with Gasteiger partial charge in [-0.1, -0.05) is 30.3 Å². The minimum atomic E-state index is -0.507. The Morgan fingerprint density at radius 2 is 1.87 bits per heavy atom. The Balaban J connectivity index is 2.52. The van der Waals surface area contributed by atoms with Crippen LogP contribution in [0.1, 0.15) is 26.3 Å². The van der Waals surface area contributed by atoms with Gasteiger partial charge in [-0.15, -0.1) is 0 Å². The molecule has 1 aromatic carbocycles. The Labute approximate surface area is 89.9 Å². The summed E-state index contributed by atoms with van der Waals surface area (Å²) < 4.78 is 0. The van der Waals surface area contributed by atoms with E-state index < -0.39 is 11.6 Å². The molecule has 0 N–H and O–H groups in total. The van der Waals surface area contributed by atoms with Crippen LogP contribution in [-0.2, 0) is 21.0 Å². The van der Waals surface area contributed by atoms with E-state index in [0.29, 0.717) is 6.42 Å². The van der Waals surface area contributed by atoms with Crippen molar-refractivity contribution in [2.24, 2.45) is 0 Å². The number of benzene rings is 1. The molecule has 0 saturated carbocycles. The molecule has 0 aliphatic heterocycles. The molecule has 0 atom stereocenters. The fraction of sp³-hybridized carbons (Fsp3) is 0.417. The largest absolute Gasteiger partial charge is 0.339 e. The third-order valence-electron chi connectivity index (χ3n) is 1.86. The van der Waals surface area contributed by atoms with Crippen LogP contribution in [0.5, 0.6) is 0 Å². The lowest BCUT2D eigenvalue weighted by atomic mass is 9.99. The number of carbonyl (C=O) groups excluding carboxylic acids is 1. The average molecular weight is 208 g/mol. The van der Waals surface area contributed by atoms with Gasteiger partial charge < -0.3 is 0 Å². The molecule has 0 fully saturated rings. The van der Waals surface area contributed by atoms with E-state index in [1.165, 1.54) is 6.92 Å². The van der Waals surface area contributed by atoms with Gasteiger partial charge in [-0.05, 0) is 19.4 Å². The summed E-state index contributed by atoms with van der Waals surface area (Å²) >= 11 is 0. The van der Waals surface area contributed by atoms with Gasteiger partial charge in [-0.25, -0.2) is 4.79 Å². The Morgan fingerprint density at radius 1 is 1.27 bits per heavy atom. The lowest BCUT2D eigenvalue weighted by molar-refractivity contribution is -0.323. The highest BCUT2D eigenvalue weighted by Crippen LogP contribution is 2.17. The van der Waals surface area contributed by atoms with Crippen molar-refractivity contribution in [3.05, 3.63) is 35.9 Å². The molecule has 1 rings (SSSR count). The second kappa shape index (κ2) is 4.94. The highest BCUT2D eigenvalue weighted by Gasteiger charge is 2.21. The van der Waals surface area contributed by atoms with Crippen molar-refractivity contribution in [2.75, 3.05) is 0 Å². The second-order valence-electron chi connectivity index (χ2n) is 4.08. The molecular weight excluding hydrogens is 192 g/mol. The smallest absolute Gasteiger partial charge is 0.298 e. The summed E-state index contributed by atoms with van der Waals surface area (Å²) in [5.74, 6) is -0.434. The summed E-state index contributed by atoms with van der Waals surface area (Å²) in [4.78, 5) is 20.2. The summed E-state index contributed by atoms with van der Waals surface area (Å²) in [6.45, 7) is 5.07. The van der Waals surface area contributed by atoms with Crippen LogP contribution in [0.25, 0.3) is 0 Å². The van der Waals surface area contributed by atoms with Crippen LogP contribution >= 0.6 is 0 Å². The van der Waals surface area contributed by atoms with Gasteiger partial charge in [0.25, 0.3) is 0 Å². The van der Waals surface area contributed by atoms with Crippen molar-refractivity contribution in [2.45, 2.75) is 32.8 Å². The molecule has 15 heavy (non-hydrogen) atoms. The van der Waals surface area contributed by atoms with Crippen molar-refractivity contribution in [1.82, 2.24) is 0 Å². The molecule has 1 aromatic rings. The predicted molar refractivity (Wildman–Crippen MR) is 57.1 cm³/mol. The highest BCUT2D eigenvalue weighted by molar-refractivity contribution is 5.65. The van der Waals surface area contributed by atoms with E-state index in [2.05, 4.69) is 4.89 Å². The van der Waals surface area contributed by atoms with E-state index in [1.807, 2.05) is 44.2 Å². The van der Waals surface area contributed by atoms with E-state index in [0.717, 1.165) is 5.56 Å². The standard InChI is InChI=1S/C12H16O3/c1-10(13)14-15-12(2,3)9-11-7-5-4-6-8-11/h4-8H,9H2,1-3H3. The van der Waals surface area contributed by atoms with Crippen molar-refractivity contribution in [1.29, 1.82) is 0 Å². The van der Waals surface area contributed by atoms with Crippen LogP contribution in [0, 0.1) is 0 Å². The summed E-state index contributed by atoms with van der Waals surface area (Å²) in [5.41, 5.74) is 0.641. The number of hydrogen-bond donors (Lipinski definition) is 0. The first-order valence-corrected chi connectivity index (χ1v) is 4.90. The third kappa shape index (κ3) is 4.61. The first-order valence-electron chi connectivity index (χ1n) is 4.90. The molecular formula is C12H16O3. The van der Waals surface area contributed by atoms with Crippen molar-refractivity contribution >= 4 is 5.97 Å². The van der Waals surface area contributed by atoms with E-state index >= 15 is 0 Å². The van der Waals surface area contributed by atoms with Gasteiger partial charge in [-0.2, -0.15) is 4.89 Å². The summed E-state index contributed by atoms with van der Waals surface area (Å²) in [6.07, 6.45) is 0.696. The van der Waals surface area contributed by atoms with Gasteiger partial charge in [0.15, 0.2) is 0 Å². The third-order valence-corrected chi connectivity index (χ3v) is 1.86. The number of rotatable bonds is 4. The maximum atomic E-state index is 10.6. The molecule has 0 bridgehead atoms. The first-order chi connectivity index (χ1) is 6.99. The van der Waals surface area contributed by atoms with E-state index in [4.69, 9.17) is 4.89 Å². The maximum Gasteiger partial charge on any atom is 0.339 e. The molecule has 0 heterocycles. The molecule has 0 radical (unpaired) electrons. The Bertz CT molecular complexity index is 317. The van der Waals surface area contributed by atoms with Gasteiger partial charge in [0.05, 0.1) is 0 Å². The SMILES string of the molecule is CC(=O)OOC(C)(C)Cc1ccccc1. The van der Waals surface area contributed by atoms with Gasteiger partial charge in [-0.3, -0.25) is 4.89 Å². The van der Waals surface area contributed by atoms with E-state index in [1.54, 1.807) is 0 Å². The zero-order valence-corrected chi connectivity index (χ0v) is 9.32. The molecule has 0 unspecified atom stereocenters. The summed E-state index contributed by atoms with van der Waals surface area (Å²) in [6, 6.07) is 9.93. The van der Waals surface area contributed by atoms with Crippen LogP contribution < -0.4 is 0 Å². The van der Waals surface area contributed by atoms with Gasteiger partial charge in [0.1, 0.15) is 5.60 Å². The van der Waals surface area contributed by atoms with Gasteiger partial charge in [0, 0.05) is 13.3 Å². The lowest BCUT2D eigenvalue weighted by Crippen LogP contribution is -2.28.